The van der Waals surface area contributed by atoms with Gasteiger partial charge in [0.15, 0.2) is 0 Å². The van der Waals surface area contributed by atoms with Gasteiger partial charge in [-0.3, -0.25) is 4.79 Å². The average molecular weight is 281 g/mol. The Kier molecular flexibility index (Phi) is 4.15. The minimum absolute atomic E-state index is 0.110. The quantitative estimate of drug-likeness (QED) is 0.857. The topological polar surface area (TPSA) is 46.9 Å². The number of hydrogen-bond donors (Lipinski definition) is 1. The van der Waals surface area contributed by atoms with Crippen LogP contribution in [0.2, 0.25) is 0 Å². The Labute approximate surface area is 124 Å². The van der Waals surface area contributed by atoms with Crippen molar-refractivity contribution in [3.63, 3.8) is 0 Å². The second kappa shape index (κ2) is 6.39. The number of rotatable bonds is 5. The van der Waals surface area contributed by atoms with E-state index in [4.69, 9.17) is 0 Å². The second-order valence-electron chi connectivity index (χ2n) is 5.38. The molecule has 0 fully saturated rings. The molecule has 0 aliphatic heterocycles. The van der Waals surface area contributed by atoms with E-state index in [9.17, 15) is 4.79 Å². The zero-order chi connectivity index (χ0) is 14.5. The molecule has 1 N–H and O–H groups in total. The number of para-hydroxylation sites is 1. The van der Waals surface area contributed by atoms with Crippen molar-refractivity contribution in [3.8, 4) is 5.69 Å². The number of nitrogens with zero attached hydrogens (tertiary/aromatic N) is 2. The number of carbonyl (C=O) groups excluding carboxylic acids is 1. The minimum Gasteiger partial charge on any atom is -0.352 e. The highest BCUT2D eigenvalue weighted by atomic mass is 16.1. The zero-order valence-corrected chi connectivity index (χ0v) is 11.9. The summed E-state index contributed by atoms with van der Waals surface area (Å²) in [6.45, 7) is 0.530. The minimum atomic E-state index is 0.110. The van der Waals surface area contributed by atoms with E-state index in [-0.39, 0.29) is 5.91 Å². The number of amides is 1. The predicted octanol–water partition coefficient (Wildman–Crippen LogP) is 2.84. The molecule has 21 heavy (non-hydrogen) atoms. The molecule has 1 aromatic carbocycles. The number of aromatic nitrogens is 2. The van der Waals surface area contributed by atoms with Crippen molar-refractivity contribution in [2.75, 3.05) is 0 Å². The van der Waals surface area contributed by atoms with Gasteiger partial charge < -0.3 is 5.32 Å². The van der Waals surface area contributed by atoms with Gasteiger partial charge in [-0.1, -0.05) is 30.4 Å². The lowest BCUT2D eigenvalue weighted by atomic mass is 10.1. The van der Waals surface area contributed by atoms with Crippen LogP contribution in [0.15, 0.2) is 54.9 Å². The maximum atomic E-state index is 11.9. The van der Waals surface area contributed by atoms with Gasteiger partial charge in [-0.25, -0.2) is 4.68 Å². The maximum Gasteiger partial charge on any atom is 0.220 e. The molecule has 0 saturated carbocycles. The number of hydrogen-bond acceptors (Lipinski definition) is 2. The average Bonchev–Trinajstić information content (AvgIpc) is 3.17. The fraction of sp³-hybridized carbons (Fsp3) is 0.294. The van der Waals surface area contributed by atoms with E-state index in [1.54, 1.807) is 6.20 Å². The van der Waals surface area contributed by atoms with Gasteiger partial charge >= 0.3 is 0 Å². The van der Waals surface area contributed by atoms with E-state index in [1.807, 2.05) is 41.2 Å². The molecular formula is C17H19N3O. The molecule has 1 aliphatic rings. The van der Waals surface area contributed by atoms with Crippen LogP contribution < -0.4 is 5.32 Å². The molecule has 1 aromatic heterocycles. The van der Waals surface area contributed by atoms with Crippen molar-refractivity contribution < 1.29 is 4.79 Å². The molecule has 0 unspecified atom stereocenters. The second-order valence-corrected chi connectivity index (χ2v) is 5.38. The van der Waals surface area contributed by atoms with Crippen LogP contribution in [-0.4, -0.2) is 15.7 Å². The molecule has 108 valence electrons. The Balaban J connectivity index is 1.53. The van der Waals surface area contributed by atoms with E-state index in [0.29, 0.717) is 18.9 Å². The van der Waals surface area contributed by atoms with E-state index < -0.39 is 0 Å². The number of allylic oxidation sites excluding steroid dienone is 2. The van der Waals surface area contributed by atoms with Crippen molar-refractivity contribution in [1.82, 2.24) is 15.1 Å². The molecule has 0 saturated heterocycles. The molecule has 2 aromatic rings. The monoisotopic (exact) mass is 281 g/mol. The van der Waals surface area contributed by atoms with E-state index in [0.717, 1.165) is 24.1 Å². The van der Waals surface area contributed by atoms with Crippen LogP contribution >= 0.6 is 0 Å². The first kappa shape index (κ1) is 13.6. The highest BCUT2D eigenvalue weighted by molar-refractivity contribution is 5.76. The molecular weight excluding hydrogens is 262 g/mol. The summed E-state index contributed by atoms with van der Waals surface area (Å²) < 4.78 is 1.82. The third-order valence-electron chi connectivity index (χ3n) is 3.71. The Morgan fingerprint density at radius 1 is 1.33 bits per heavy atom. The van der Waals surface area contributed by atoms with Crippen LogP contribution in [0.25, 0.3) is 5.69 Å². The molecule has 4 heteroatoms. The SMILES string of the molecule is O=C(C[C@H]1C=CCC1)NCc1cnn(-c2ccccc2)c1. The molecule has 3 rings (SSSR count). The summed E-state index contributed by atoms with van der Waals surface area (Å²) in [6, 6.07) is 9.94. The first-order valence-electron chi connectivity index (χ1n) is 7.33. The molecule has 0 radical (unpaired) electrons. The summed E-state index contributed by atoms with van der Waals surface area (Å²) in [5.41, 5.74) is 2.03. The summed E-state index contributed by atoms with van der Waals surface area (Å²) in [4.78, 5) is 11.9. The molecule has 1 aliphatic carbocycles. The Morgan fingerprint density at radius 3 is 2.95 bits per heavy atom. The predicted molar refractivity (Wildman–Crippen MR) is 81.9 cm³/mol. The van der Waals surface area contributed by atoms with E-state index in [2.05, 4.69) is 22.6 Å². The van der Waals surface area contributed by atoms with Gasteiger partial charge in [0.25, 0.3) is 0 Å². The van der Waals surface area contributed by atoms with Gasteiger partial charge in [0, 0.05) is 24.7 Å². The largest absolute Gasteiger partial charge is 0.352 e. The van der Waals surface area contributed by atoms with Gasteiger partial charge in [0.1, 0.15) is 0 Å². The van der Waals surface area contributed by atoms with Gasteiger partial charge in [-0.15, -0.1) is 0 Å². The van der Waals surface area contributed by atoms with Crippen molar-refractivity contribution in [3.05, 3.63) is 60.4 Å². The van der Waals surface area contributed by atoms with Gasteiger partial charge in [-0.05, 0) is 30.9 Å². The Hall–Kier alpha value is -2.36. The molecule has 1 atom stereocenters. The van der Waals surface area contributed by atoms with Crippen molar-refractivity contribution >= 4 is 5.91 Å². The summed E-state index contributed by atoms with van der Waals surface area (Å²) in [7, 11) is 0. The lowest BCUT2D eigenvalue weighted by Crippen LogP contribution is -2.24. The number of carbonyl (C=O) groups is 1. The van der Waals surface area contributed by atoms with Crippen LogP contribution in [0.1, 0.15) is 24.8 Å². The summed E-state index contributed by atoms with van der Waals surface area (Å²) >= 11 is 0. The van der Waals surface area contributed by atoms with E-state index >= 15 is 0 Å². The summed E-state index contributed by atoms with van der Waals surface area (Å²) in [6.07, 6.45) is 10.8. The molecule has 1 amide bonds. The van der Waals surface area contributed by atoms with Crippen molar-refractivity contribution in [2.45, 2.75) is 25.8 Å². The summed E-state index contributed by atoms with van der Waals surface area (Å²) in [5.74, 6) is 0.524. The first-order chi connectivity index (χ1) is 10.3. The van der Waals surface area contributed by atoms with Crippen LogP contribution in [0.4, 0.5) is 0 Å². The van der Waals surface area contributed by atoms with E-state index in [1.165, 1.54) is 0 Å². The highest BCUT2D eigenvalue weighted by Gasteiger charge is 2.13. The molecule has 0 bridgehead atoms. The zero-order valence-electron chi connectivity index (χ0n) is 11.9. The highest BCUT2D eigenvalue weighted by Crippen LogP contribution is 2.20. The Bertz CT molecular complexity index is 630. The first-order valence-corrected chi connectivity index (χ1v) is 7.33. The van der Waals surface area contributed by atoms with Crippen LogP contribution in [0.3, 0.4) is 0 Å². The lowest BCUT2D eigenvalue weighted by Gasteiger charge is -2.07. The smallest absolute Gasteiger partial charge is 0.220 e. The fourth-order valence-corrected chi connectivity index (χ4v) is 2.55. The lowest BCUT2D eigenvalue weighted by molar-refractivity contribution is -0.121. The van der Waals surface area contributed by atoms with Gasteiger partial charge in [0.05, 0.1) is 11.9 Å². The number of nitrogens with one attached hydrogen (secondary N) is 1. The molecule has 1 heterocycles. The van der Waals surface area contributed by atoms with Crippen LogP contribution in [0, 0.1) is 5.92 Å². The maximum absolute atomic E-state index is 11.9. The van der Waals surface area contributed by atoms with Crippen LogP contribution in [-0.2, 0) is 11.3 Å². The standard InChI is InChI=1S/C17H19N3O/c21-17(10-14-6-4-5-7-14)18-11-15-12-19-20(13-15)16-8-2-1-3-9-16/h1-4,6,8-9,12-14H,5,7,10-11H2,(H,18,21)/t14-/m0/s1. The normalized spacial score (nSPS) is 17.0. The molecule has 4 nitrogen and oxygen atoms in total. The summed E-state index contributed by atoms with van der Waals surface area (Å²) in [5, 5.41) is 7.29. The fourth-order valence-electron chi connectivity index (χ4n) is 2.55. The number of benzene rings is 1. The third-order valence-corrected chi connectivity index (χ3v) is 3.71. The molecule has 0 spiro atoms. The van der Waals surface area contributed by atoms with Gasteiger partial charge in [0.2, 0.25) is 5.91 Å². The van der Waals surface area contributed by atoms with Crippen molar-refractivity contribution in [2.24, 2.45) is 5.92 Å². The Morgan fingerprint density at radius 2 is 2.19 bits per heavy atom. The van der Waals surface area contributed by atoms with Gasteiger partial charge in [-0.2, -0.15) is 5.10 Å². The van der Waals surface area contributed by atoms with Crippen molar-refractivity contribution in [1.29, 1.82) is 0 Å². The third kappa shape index (κ3) is 3.60. The van der Waals surface area contributed by atoms with Crippen LogP contribution in [0.5, 0.6) is 0 Å².